The fraction of sp³-hybridized carbons (Fsp3) is 0.286. The van der Waals surface area contributed by atoms with Crippen LogP contribution >= 0.6 is 0 Å². The van der Waals surface area contributed by atoms with Gasteiger partial charge < -0.3 is 4.18 Å². The highest BCUT2D eigenvalue weighted by atomic mass is 32.2. The molecule has 2 heterocycles. The Morgan fingerprint density at radius 1 is 1.38 bits per heavy atom. The molecule has 7 heteroatoms. The summed E-state index contributed by atoms with van der Waals surface area (Å²) >= 11 is 0. The molecule has 21 heavy (non-hydrogen) atoms. The maximum absolute atomic E-state index is 12.4. The third-order valence-electron chi connectivity index (χ3n) is 3.92. The summed E-state index contributed by atoms with van der Waals surface area (Å²) < 4.78 is 30.9. The number of benzene rings is 1. The van der Waals surface area contributed by atoms with Crippen LogP contribution in [0.2, 0.25) is 0 Å². The summed E-state index contributed by atoms with van der Waals surface area (Å²) in [6, 6.07) is 9.03. The third-order valence-corrected chi connectivity index (χ3v) is 5.31. The number of rotatable bonds is 1. The second kappa shape index (κ2) is 4.32. The summed E-state index contributed by atoms with van der Waals surface area (Å²) in [6.07, 6.45) is 1.50. The molecule has 6 nitrogen and oxygen atoms in total. The van der Waals surface area contributed by atoms with Gasteiger partial charge in [0.1, 0.15) is 5.75 Å². The highest BCUT2D eigenvalue weighted by Gasteiger charge is 2.60. The number of hydrogen-bond donors (Lipinski definition) is 0. The predicted octanol–water partition coefficient (Wildman–Crippen LogP) is 1.66. The normalized spacial score (nSPS) is 28.3. The van der Waals surface area contributed by atoms with Gasteiger partial charge in [-0.05, 0) is 6.07 Å². The molecule has 2 atom stereocenters. The molecule has 2 aliphatic rings. The van der Waals surface area contributed by atoms with E-state index in [1.807, 2.05) is 12.1 Å². The molecule has 0 amide bonds. The van der Waals surface area contributed by atoms with Gasteiger partial charge in [-0.25, -0.2) is 0 Å². The van der Waals surface area contributed by atoms with Crippen LogP contribution in [0.3, 0.4) is 0 Å². The van der Waals surface area contributed by atoms with Crippen LogP contribution in [-0.2, 0) is 10.3 Å². The fourth-order valence-corrected chi connectivity index (χ4v) is 4.51. The first kappa shape index (κ1) is 13.6. The van der Waals surface area contributed by atoms with E-state index in [4.69, 9.17) is 4.18 Å². The van der Waals surface area contributed by atoms with Crippen LogP contribution in [0.5, 0.6) is 5.75 Å². The van der Waals surface area contributed by atoms with E-state index >= 15 is 0 Å². The summed E-state index contributed by atoms with van der Waals surface area (Å²) in [6.45, 7) is 3.61. The van der Waals surface area contributed by atoms with Gasteiger partial charge in [-0.15, -0.1) is 6.58 Å². The quantitative estimate of drug-likeness (QED) is 0.735. The van der Waals surface area contributed by atoms with Crippen molar-refractivity contribution in [2.24, 2.45) is 5.41 Å². The van der Waals surface area contributed by atoms with Crippen molar-refractivity contribution >= 4 is 10.3 Å². The van der Waals surface area contributed by atoms with E-state index in [9.17, 15) is 18.9 Å². The van der Waals surface area contributed by atoms with Crippen molar-refractivity contribution in [3.8, 4) is 17.9 Å². The topological polar surface area (TPSA) is 94.2 Å². The number of nitriles is 2. The molecule has 1 aromatic rings. The van der Waals surface area contributed by atoms with Crippen molar-refractivity contribution in [1.82, 2.24) is 4.31 Å². The van der Waals surface area contributed by atoms with Gasteiger partial charge in [0, 0.05) is 18.0 Å². The number of fused-ring (bicyclic) bond motifs is 3. The van der Waals surface area contributed by atoms with E-state index in [1.54, 1.807) is 18.2 Å². The second-order valence-electron chi connectivity index (χ2n) is 5.01. The summed E-state index contributed by atoms with van der Waals surface area (Å²) in [7, 11) is -4.07. The summed E-state index contributed by atoms with van der Waals surface area (Å²) in [4.78, 5) is 0. The minimum atomic E-state index is -4.07. The average molecular weight is 301 g/mol. The van der Waals surface area contributed by atoms with Gasteiger partial charge in [0.2, 0.25) is 0 Å². The van der Waals surface area contributed by atoms with Crippen LogP contribution in [0.25, 0.3) is 0 Å². The molecule has 0 N–H and O–H groups in total. The lowest BCUT2D eigenvalue weighted by atomic mass is 9.79. The molecular weight excluding hydrogens is 290 g/mol. The SMILES string of the molecule is C=C[C@H]1CC(C#N)(C#N)[C@@H]2c3ccccc3OS(=O)(=O)N21. The van der Waals surface area contributed by atoms with Gasteiger partial charge in [-0.1, -0.05) is 24.3 Å². The number of para-hydroxylation sites is 1. The van der Waals surface area contributed by atoms with Crippen LogP contribution in [0, 0.1) is 28.1 Å². The maximum atomic E-state index is 12.4. The molecule has 0 radical (unpaired) electrons. The summed E-state index contributed by atoms with van der Waals surface area (Å²) in [5.74, 6) is 0.165. The first-order chi connectivity index (χ1) is 9.99. The Hall–Kier alpha value is -2.35. The molecule has 106 valence electrons. The van der Waals surface area contributed by atoms with E-state index in [0.717, 1.165) is 4.31 Å². The Labute approximate surface area is 122 Å². The van der Waals surface area contributed by atoms with E-state index in [2.05, 4.69) is 6.58 Å². The molecule has 0 saturated carbocycles. The zero-order chi connectivity index (χ0) is 15.3. The molecule has 1 aromatic carbocycles. The molecule has 1 fully saturated rings. The van der Waals surface area contributed by atoms with Gasteiger partial charge in [0.25, 0.3) is 0 Å². The van der Waals surface area contributed by atoms with E-state index in [0.29, 0.717) is 5.56 Å². The molecule has 0 bridgehead atoms. The molecule has 0 aromatic heterocycles. The standard InChI is InChI=1S/C14H11N3O3S/c1-2-10-7-14(8-15,9-16)13-11-5-3-4-6-12(11)20-21(18,19)17(10)13/h2-6,10,13H,1,7H2/t10-,13-/m0/s1. The minimum absolute atomic E-state index is 0.0745. The first-order valence-corrected chi connectivity index (χ1v) is 7.62. The zero-order valence-electron chi connectivity index (χ0n) is 10.9. The van der Waals surface area contributed by atoms with Gasteiger partial charge in [-0.3, -0.25) is 0 Å². The van der Waals surface area contributed by atoms with Crippen LogP contribution < -0.4 is 4.18 Å². The Bertz CT molecular complexity index is 789. The Kier molecular flexibility index (Phi) is 2.80. The monoisotopic (exact) mass is 301 g/mol. The molecule has 1 saturated heterocycles. The minimum Gasteiger partial charge on any atom is -0.370 e. The first-order valence-electron chi connectivity index (χ1n) is 6.26. The van der Waals surface area contributed by atoms with Crippen molar-refractivity contribution in [3.63, 3.8) is 0 Å². The predicted molar refractivity (Wildman–Crippen MR) is 72.8 cm³/mol. The Morgan fingerprint density at radius 3 is 2.67 bits per heavy atom. The maximum Gasteiger partial charge on any atom is 0.386 e. The van der Waals surface area contributed by atoms with Crippen LogP contribution in [0.4, 0.5) is 0 Å². The van der Waals surface area contributed by atoms with Crippen LogP contribution in [0.1, 0.15) is 18.0 Å². The van der Waals surface area contributed by atoms with Crippen LogP contribution in [0.15, 0.2) is 36.9 Å². The highest BCUT2D eigenvalue weighted by Crippen LogP contribution is 2.55. The Morgan fingerprint density at radius 2 is 2.05 bits per heavy atom. The number of hydrogen-bond acceptors (Lipinski definition) is 5. The molecular formula is C14H11N3O3S. The van der Waals surface area contributed by atoms with Gasteiger partial charge in [0.05, 0.1) is 18.2 Å². The summed E-state index contributed by atoms with van der Waals surface area (Å²) in [5.41, 5.74) is -0.925. The van der Waals surface area contributed by atoms with Gasteiger partial charge in [-0.2, -0.15) is 23.2 Å². The Balaban J connectivity index is 2.33. The van der Waals surface area contributed by atoms with Crippen molar-refractivity contribution < 1.29 is 12.6 Å². The van der Waals surface area contributed by atoms with Gasteiger partial charge in [0.15, 0.2) is 5.41 Å². The fourth-order valence-electron chi connectivity index (χ4n) is 3.00. The molecule has 0 unspecified atom stereocenters. The number of nitrogens with zero attached hydrogens (tertiary/aromatic N) is 3. The van der Waals surface area contributed by atoms with Gasteiger partial charge >= 0.3 is 10.3 Å². The molecule has 2 aliphatic heterocycles. The smallest absolute Gasteiger partial charge is 0.370 e. The van der Waals surface area contributed by atoms with Crippen molar-refractivity contribution in [1.29, 1.82) is 10.5 Å². The lowest BCUT2D eigenvalue weighted by Gasteiger charge is -2.34. The van der Waals surface area contributed by atoms with Crippen molar-refractivity contribution in [2.45, 2.75) is 18.5 Å². The molecule has 3 rings (SSSR count). The summed E-state index contributed by atoms with van der Waals surface area (Å²) in [5, 5.41) is 19.0. The van der Waals surface area contributed by atoms with Crippen LogP contribution in [-0.4, -0.2) is 18.8 Å². The van der Waals surface area contributed by atoms with E-state index in [1.165, 1.54) is 12.1 Å². The highest BCUT2D eigenvalue weighted by molar-refractivity contribution is 7.84. The molecule has 0 aliphatic carbocycles. The van der Waals surface area contributed by atoms with E-state index < -0.39 is 27.8 Å². The third kappa shape index (κ3) is 1.69. The molecule has 0 spiro atoms. The lowest BCUT2D eigenvalue weighted by molar-refractivity contribution is 0.263. The lowest BCUT2D eigenvalue weighted by Crippen LogP contribution is -2.44. The zero-order valence-corrected chi connectivity index (χ0v) is 11.7. The second-order valence-corrected chi connectivity index (χ2v) is 6.46. The largest absolute Gasteiger partial charge is 0.386 e. The van der Waals surface area contributed by atoms with Crippen molar-refractivity contribution in [3.05, 3.63) is 42.5 Å². The van der Waals surface area contributed by atoms with E-state index in [-0.39, 0.29) is 12.2 Å². The average Bonchev–Trinajstić information content (AvgIpc) is 2.83. The van der Waals surface area contributed by atoms with Crippen molar-refractivity contribution in [2.75, 3.05) is 0 Å².